The van der Waals surface area contributed by atoms with Gasteiger partial charge in [-0.1, -0.05) is 15.9 Å². The van der Waals surface area contributed by atoms with E-state index in [1.54, 1.807) is 24.5 Å². The number of halogens is 1. The van der Waals surface area contributed by atoms with Gasteiger partial charge in [-0.3, -0.25) is 9.78 Å². The maximum absolute atomic E-state index is 12.5. The Balaban J connectivity index is 1.84. The van der Waals surface area contributed by atoms with Crippen molar-refractivity contribution >= 4 is 21.8 Å². The van der Waals surface area contributed by atoms with Gasteiger partial charge in [-0.2, -0.15) is 4.68 Å². The first-order valence-electron chi connectivity index (χ1n) is 6.44. The molecule has 0 bridgehead atoms. The van der Waals surface area contributed by atoms with E-state index in [0.29, 0.717) is 17.8 Å². The molecular weight excluding hydrogens is 348 g/mol. The molecule has 0 spiro atoms. The number of carbonyl (C=O) groups excluding carboxylic acids is 1. The Labute approximate surface area is 134 Å². The van der Waals surface area contributed by atoms with Crippen molar-refractivity contribution in [2.45, 2.75) is 6.54 Å². The minimum atomic E-state index is -0.205. The lowest BCUT2D eigenvalue weighted by atomic mass is 10.1. The third-order valence-corrected chi connectivity index (χ3v) is 3.49. The number of tetrazole rings is 1. The molecule has 2 heterocycles. The molecule has 0 fully saturated rings. The van der Waals surface area contributed by atoms with E-state index in [1.165, 1.54) is 11.0 Å². The Morgan fingerprint density at radius 1 is 1.23 bits per heavy atom. The van der Waals surface area contributed by atoms with Crippen LogP contribution in [0.1, 0.15) is 15.9 Å². The van der Waals surface area contributed by atoms with Crippen LogP contribution in [0.3, 0.4) is 0 Å². The summed E-state index contributed by atoms with van der Waals surface area (Å²) in [5.41, 5.74) is 2.07. The van der Waals surface area contributed by atoms with E-state index in [2.05, 4.69) is 41.8 Å². The van der Waals surface area contributed by atoms with E-state index in [9.17, 15) is 4.79 Å². The Bertz CT molecular complexity index is 775. The van der Waals surface area contributed by atoms with E-state index in [-0.39, 0.29) is 5.91 Å². The van der Waals surface area contributed by atoms with Crippen molar-refractivity contribution in [1.82, 2.24) is 30.5 Å². The van der Waals surface area contributed by atoms with Crippen LogP contribution >= 0.6 is 15.9 Å². The Morgan fingerprint density at radius 3 is 2.77 bits per heavy atom. The highest BCUT2D eigenvalue weighted by atomic mass is 79.9. The molecule has 1 aromatic carbocycles. The summed E-state index contributed by atoms with van der Waals surface area (Å²) >= 11 is 3.37. The Morgan fingerprint density at radius 2 is 2.05 bits per heavy atom. The quantitative estimate of drug-likeness (QED) is 0.767. The fourth-order valence-corrected chi connectivity index (χ4v) is 2.30. The molecule has 0 aliphatic rings. The molecule has 0 saturated heterocycles. The van der Waals surface area contributed by atoms with Gasteiger partial charge >= 0.3 is 0 Å². The van der Waals surface area contributed by atoms with Crippen LogP contribution in [0.15, 0.2) is 53.5 Å². The van der Waals surface area contributed by atoms with Crippen molar-refractivity contribution in [1.29, 1.82) is 0 Å². The van der Waals surface area contributed by atoms with Crippen LogP contribution < -0.4 is 5.32 Å². The third kappa shape index (κ3) is 3.17. The van der Waals surface area contributed by atoms with Crippen LogP contribution in [-0.4, -0.2) is 31.1 Å². The number of pyridine rings is 1. The fraction of sp³-hybridized carbons (Fsp3) is 0.0714. The first-order chi connectivity index (χ1) is 10.7. The van der Waals surface area contributed by atoms with Crippen LogP contribution in [-0.2, 0) is 6.54 Å². The summed E-state index contributed by atoms with van der Waals surface area (Å²) in [6.07, 6.45) is 4.82. The highest BCUT2D eigenvalue weighted by Crippen LogP contribution is 2.19. The van der Waals surface area contributed by atoms with Gasteiger partial charge in [0, 0.05) is 23.4 Å². The average Bonchev–Trinajstić information content (AvgIpc) is 3.08. The summed E-state index contributed by atoms with van der Waals surface area (Å²) in [6.45, 7) is 0.420. The number of benzene rings is 1. The summed E-state index contributed by atoms with van der Waals surface area (Å²) in [5.74, 6) is -0.205. The molecule has 110 valence electrons. The van der Waals surface area contributed by atoms with Crippen LogP contribution in [0.2, 0.25) is 0 Å². The number of hydrogen-bond donors (Lipinski definition) is 1. The zero-order valence-electron chi connectivity index (χ0n) is 11.3. The Hall–Kier alpha value is -2.61. The van der Waals surface area contributed by atoms with Gasteiger partial charge in [0.25, 0.3) is 5.91 Å². The van der Waals surface area contributed by atoms with E-state index >= 15 is 0 Å². The summed E-state index contributed by atoms with van der Waals surface area (Å²) in [4.78, 5) is 16.4. The van der Waals surface area contributed by atoms with E-state index in [1.807, 2.05) is 18.2 Å². The first kappa shape index (κ1) is 14.3. The van der Waals surface area contributed by atoms with Gasteiger partial charge in [0.1, 0.15) is 6.33 Å². The standard InChI is InChI=1S/C14H11BrN6O/c15-11-1-2-13(21-9-18-19-20-21)12(7-11)14(22)17-8-10-3-5-16-6-4-10/h1-7,9H,8H2,(H,17,22). The molecule has 2 aromatic heterocycles. The predicted molar refractivity (Wildman–Crippen MR) is 82.3 cm³/mol. The van der Waals surface area contributed by atoms with Crippen LogP contribution in [0.25, 0.3) is 5.69 Å². The molecule has 0 saturated carbocycles. The molecule has 0 aliphatic heterocycles. The molecule has 8 heteroatoms. The van der Waals surface area contributed by atoms with Gasteiger partial charge < -0.3 is 5.32 Å². The summed E-state index contributed by atoms with van der Waals surface area (Å²) < 4.78 is 2.26. The maximum atomic E-state index is 12.5. The second kappa shape index (κ2) is 6.44. The van der Waals surface area contributed by atoms with Crippen molar-refractivity contribution < 1.29 is 4.79 Å². The van der Waals surface area contributed by atoms with E-state index in [4.69, 9.17) is 0 Å². The first-order valence-corrected chi connectivity index (χ1v) is 7.23. The van der Waals surface area contributed by atoms with Gasteiger partial charge in [0.2, 0.25) is 0 Å². The highest BCUT2D eigenvalue weighted by Gasteiger charge is 2.14. The van der Waals surface area contributed by atoms with Crippen molar-refractivity contribution in [3.05, 3.63) is 64.7 Å². The summed E-state index contributed by atoms with van der Waals surface area (Å²) in [7, 11) is 0. The van der Waals surface area contributed by atoms with Crippen LogP contribution in [0.5, 0.6) is 0 Å². The maximum Gasteiger partial charge on any atom is 0.253 e. The molecule has 3 aromatic rings. The molecule has 0 unspecified atom stereocenters. The largest absolute Gasteiger partial charge is 0.348 e. The zero-order chi connectivity index (χ0) is 15.4. The minimum Gasteiger partial charge on any atom is -0.348 e. The third-order valence-electron chi connectivity index (χ3n) is 3.00. The summed E-state index contributed by atoms with van der Waals surface area (Å²) in [5, 5.41) is 13.9. The molecule has 0 atom stereocenters. The number of nitrogens with zero attached hydrogens (tertiary/aromatic N) is 5. The number of hydrogen-bond acceptors (Lipinski definition) is 5. The molecule has 3 rings (SSSR count). The molecule has 22 heavy (non-hydrogen) atoms. The van der Waals surface area contributed by atoms with Gasteiger partial charge in [-0.15, -0.1) is 5.10 Å². The lowest BCUT2D eigenvalue weighted by Gasteiger charge is -2.10. The molecular formula is C14H11BrN6O. The molecule has 7 nitrogen and oxygen atoms in total. The fourth-order valence-electron chi connectivity index (χ4n) is 1.94. The lowest BCUT2D eigenvalue weighted by molar-refractivity contribution is 0.0950. The Kier molecular flexibility index (Phi) is 4.19. The predicted octanol–water partition coefficient (Wildman–Crippen LogP) is 1.75. The van der Waals surface area contributed by atoms with Crippen LogP contribution in [0.4, 0.5) is 0 Å². The van der Waals surface area contributed by atoms with Gasteiger partial charge in [-0.05, 0) is 46.3 Å². The van der Waals surface area contributed by atoms with E-state index in [0.717, 1.165) is 10.0 Å². The van der Waals surface area contributed by atoms with Crippen molar-refractivity contribution in [3.8, 4) is 5.69 Å². The molecule has 0 aliphatic carbocycles. The van der Waals surface area contributed by atoms with Gasteiger partial charge in [-0.25, -0.2) is 0 Å². The molecule has 1 N–H and O–H groups in total. The van der Waals surface area contributed by atoms with Gasteiger partial charge in [0.15, 0.2) is 0 Å². The average molecular weight is 359 g/mol. The smallest absolute Gasteiger partial charge is 0.253 e. The minimum absolute atomic E-state index is 0.205. The number of nitrogens with one attached hydrogen (secondary N) is 1. The van der Waals surface area contributed by atoms with Gasteiger partial charge in [0.05, 0.1) is 11.3 Å². The van der Waals surface area contributed by atoms with Crippen LogP contribution in [0, 0.1) is 0 Å². The molecule has 0 radical (unpaired) electrons. The summed E-state index contributed by atoms with van der Waals surface area (Å²) in [6, 6.07) is 9.05. The zero-order valence-corrected chi connectivity index (χ0v) is 12.9. The topological polar surface area (TPSA) is 85.6 Å². The van der Waals surface area contributed by atoms with Crippen molar-refractivity contribution in [3.63, 3.8) is 0 Å². The van der Waals surface area contributed by atoms with Crippen molar-refractivity contribution in [2.75, 3.05) is 0 Å². The van der Waals surface area contributed by atoms with Crippen molar-refractivity contribution in [2.24, 2.45) is 0 Å². The monoisotopic (exact) mass is 358 g/mol. The second-order valence-electron chi connectivity index (χ2n) is 4.45. The lowest BCUT2D eigenvalue weighted by Crippen LogP contribution is -2.24. The second-order valence-corrected chi connectivity index (χ2v) is 5.37. The van der Waals surface area contributed by atoms with E-state index < -0.39 is 0 Å². The molecule has 1 amide bonds. The SMILES string of the molecule is O=C(NCc1ccncc1)c1cc(Br)ccc1-n1cnnn1. The highest BCUT2D eigenvalue weighted by molar-refractivity contribution is 9.10. The number of carbonyl (C=O) groups is 1. The normalized spacial score (nSPS) is 10.4. The number of amides is 1. The number of rotatable bonds is 4. The number of aromatic nitrogens is 5.